The monoisotopic (exact) mass is 451 g/mol. The van der Waals surface area contributed by atoms with Crippen LogP contribution in [0.25, 0.3) is 0 Å². The van der Waals surface area contributed by atoms with Crippen LogP contribution in [0.1, 0.15) is 56.7 Å². The van der Waals surface area contributed by atoms with Crippen molar-refractivity contribution >= 4 is 10.0 Å². The molecular weight excluding hydrogens is 414 g/mol. The molecule has 2 saturated heterocycles. The number of nitrogens with two attached hydrogens (primary N) is 1. The standard InChI is InChI=1S/C23H37N3O4S/c1-3-29-22-13-17-8-11-25-16-18-7-5-10-26(31(27,28)12-6-9-24)20(18)15-21(25)19(17)14-23(22)30-4-2/h13-14,18,20-21H,3-12,15-16,24H2,1-2H3/t18-,20+,21+/m1/s1. The van der Waals surface area contributed by atoms with Crippen LogP contribution in [0.4, 0.5) is 0 Å². The second-order valence-electron chi connectivity index (χ2n) is 8.90. The molecule has 0 bridgehead atoms. The number of fused-ring (bicyclic) bond motifs is 4. The Labute approximate surface area is 186 Å². The molecule has 2 N–H and O–H groups in total. The van der Waals surface area contributed by atoms with Gasteiger partial charge in [-0.3, -0.25) is 4.90 Å². The first-order chi connectivity index (χ1) is 15.0. The van der Waals surface area contributed by atoms with Gasteiger partial charge in [-0.1, -0.05) is 0 Å². The third-order valence-corrected chi connectivity index (χ3v) is 9.01. The van der Waals surface area contributed by atoms with E-state index in [1.807, 2.05) is 18.2 Å². The van der Waals surface area contributed by atoms with E-state index in [9.17, 15) is 8.42 Å². The maximum Gasteiger partial charge on any atom is 0.214 e. The lowest BCUT2D eigenvalue weighted by molar-refractivity contribution is 0.0218. The van der Waals surface area contributed by atoms with Crippen molar-refractivity contribution in [2.24, 2.45) is 11.7 Å². The number of sulfonamides is 1. The molecule has 8 heteroatoms. The van der Waals surface area contributed by atoms with Gasteiger partial charge in [0.1, 0.15) is 0 Å². The van der Waals surface area contributed by atoms with Gasteiger partial charge in [0.15, 0.2) is 11.5 Å². The van der Waals surface area contributed by atoms with Gasteiger partial charge in [-0.05, 0) is 81.7 Å². The average Bonchev–Trinajstić information content (AvgIpc) is 2.76. The molecule has 3 aliphatic heterocycles. The van der Waals surface area contributed by atoms with Crippen LogP contribution in [-0.4, -0.2) is 68.8 Å². The van der Waals surface area contributed by atoms with Crippen LogP contribution in [0.15, 0.2) is 12.1 Å². The molecule has 31 heavy (non-hydrogen) atoms. The second kappa shape index (κ2) is 9.65. The summed E-state index contributed by atoms with van der Waals surface area (Å²) in [4.78, 5) is 2.57. The first-order valence-electron chi connectivity index (χ1n) is 11.8. The maximum absolute atomic E-state index is 13.1. The Morgan fingerprint density at radius 3 is 2.58 bits per heavy atom. The van der Waals surface area contributed by atoms with Crippen molar-refractivity contribution in [3.05, 3.63) is 23.3 Å². The van der Waals surface area contributed by atoms with Crippen molar-refractivity contribution in [1.82, 2.24) is 9.21 Å². The zero-order valence-corrected chi connectivity index (χ0v) is 19.7. The molecule has 1 aromatic rings. The SMILES string of the molecule is CCOc1cc2c(cc1OCC)[C@@H]1C[C@H]3[C@H](CCCN3S(=O)(=O)CCCN)CN1CC2. The summed E-state index contributed by atoms with van der Waals surface area (Å²) >= 11 is 0. The summed E-state index contributed by atoms with van der Waals surface area (Å²) in [7, 11) is -3.27. The Kier molecular flexibility index (Phi) is 7.10. The zero-order chi connectivity index (χ0) is 22.0. The molecule has 3 atom stereocenters. The highest BCUT2D eigenvalue weighted by Gasteiger charge is 2.45. The van der Waals surface area contributed by atoms with E-state index in [0.29, 0.717) is 38.6 Å². The molecule has 7 nitrogen and oxygen atoms in total. The van der Waals surface area contributed by atoms with Gasteiger partial charge in [-0.15, -0.1) is 0 Å². The number of benzene rings is 1. The van der Waals surface area contributed by atoms with E-state index >= 15 is 0 Å². The Hall–Kier alpha value is -1.35. The van der Waals surface area contributed by atoms with Gasteiger partial charge in [0.25, 0.3) is 0 Å². The van der Waals surface area contributed by atoms with E-state index in [1.54, 1.807) is 0 Å². The van der Waals surface area contributed by atoms with Crippen LogP contribution >= 0.6 is 0 Å². The predicted octanol–water partition coefficient (Wildman–Crippen LogP) is 2.55. The van der Waals surface area contributed by atoms with Gasteiger partial charge >= 0.3 is 0 Å². The van der Waals surface area contributed by atoms with Gasteiger partial charge in [0, 0.05) is 31.7 Å². The minimum Gasteiger partial charge on any atom is -0.490 e. The topological polar surface area (TPSA) is 85.1 Å². The van der Waals surface area contributed by atoms with Gasteiger partial charge in [0.2, 0.25) is 10.0 Å². The maximum atomic E-state index is 13.1. The Balaban J connectivity index is 1.64. The molecule has 0 unspecified atom stereocenters. The highest BCUT2D eigenvalue weighted by molar-refractivity contribution is 7.89. The molecule has 0 radical (unpaired) electrons. The van der Waals surface area contributed by atoms with Crippen molar-refractivity contribution < 1.29 is 17.9 Å². The average molecular weight is 452 g/mol. The van der Waals surface area contributed by atoms with Crippen LogP contribution in [0, 0.1) is 5.92 Å². The fraction of sp³-hybridized carbons (Fsp3) is 0.739. The molecule has 4 rings (SSSR count). The fourth-order valence-electron chi connectivity index (χ4n) is 5.68. The lowest BCUT2D eigenvalue weighted by Crippen LogP contribution is -2.57. The van der Waals surface area contributed by atoms with Gasteiger partial charge in [-0.25, -0.2) is 8.42 Å². The lowest BCUT2D eigenvalue weighted by atomic mass is 9.77. The first-order valence-corrected chi connectivity index (χ1v) is 13.5. The Morgan fingerprint density at radius 2 is 1.87 bits per heavy atom. The number of hydrogen-bond acceptors (Lipinski definition) is 6. The minimum atomic E-state index is -3.27. The molecule has 2 fully saturated rings. The summed E-state index contributed by atoms with van der Waals surface area (Å²) in [5.74, 6) is 2.18. The summed E-state index contributed by atoms with van der Waals surface area (Å²) in [6, 6.07) is 4.59. The van der Waals surface area contributed by atoms with Crippen LogP contribution in [-0.2, 0) is 16.4 Å². The van der Waals surface area contributed by atoms with E-state index < -0.39 is 10.0 Å². The van der Waals surface area contributed by atoms with E-state index in [-0.39, 0.29) is 17.8 Å². The van der Waals surface area contributed by atoms with Crippen LogP contribution in [0.5, 0.6) is 11.5 Å². The van der Waals surface area contributed by atoms with Crippen molar-refractivity contribution in [2.75, 3.05) is 45.1 Å². The summed E-state index contributed by atoms with van der Waals surface area (Å²) in [5, 5.41) is 0. The van der Waals surface area contributed by atoms with Crippen molar-refractivity contribution in [3.63, 3.8) is 0 Å². The molecule has 3 aliphatic rings. The lowest BCUT2D eigenvalue weighted by Gasteiger charge is -2.51. The Morgan fingerprint density at radius 1 is 1.13 bits per heavy atom. The number of ether oxygens (including phenoxy) is 2. The summed E-state index contributed by atoms with van der Waals surface area (Å²) in [6.45, 7) is 8.20. The van der Waals surface area contributed by atoms with Crippen LogP contribution in [0.2, 0.25) is 0 Å². The number of nitrogens with zero attached hydrogens (tertiary/aromatic N) is 2. The summed E-state index contributed by atoms with van der Waals surface area (Å²) in [5.41, 5.74) is 8.18. The van der Waals surface area contributed by atoms with Crippen LogP contribution < -0.4 is 15.2 Å². The van der Waals surface area contributed by atoms with Crippen molar-refractivity contribution in [2.45, 2.75) is 58.0 Å². The predicted molar refractivity (Wildman–Crippen MR) is 122 cm³/mol. The molecule has 1 aromatic carbocycles. The smallest absolute Gasteiger partial charge is 0.214 e. The molecule has 0 aliphatic carbocycles. The molecule has 3 heterocycles. The third kappa shape index (κ3) is 4.58. The first kappa shape index (κ1) is 22.8. The van der Waals surface area contributed by atoms with Crippen LogP contribution in [0.3, 0.4) is 0 Å². The van der Waals surface area contributed by atoms with Gasteiger partial charge < -0.3 is 15.2 Å². The minimum absolute atomic E-state index is 0.0748. The largest absolute Gasteiger partial charge is 0.490 e. The quantitative estimate of drug-likeness (QED) is 0.654. The van der Waals surface area contributed by atoms with E-state index in [1.165, 1.54) is 11.1 Å². The molecule has 0 spiro atoms. The zero-order valence-electron chi connectivity index (χ0n) is 18.9. The second-order valence-corrected chi connectivity index (χ2v) is 10.9. The van der Waals surface area contributed by atoms with E-state index in [4.69, 9.17) is 15.2 Å². The molecular formula is C23H37N3O4S. The van der Waals surface area contributed by atoms with E-state index in [2.05, 4.69) is 17.0 Å². The van der Waals surface area contributed by atoms with Crippen molar-refractivity contribution in [3.8, 4) is 11.5 Å². The molecule has 0 amide bonds. The van der Waals surface area contributed by atoms with Crippen molar-refractivity contribution in [1.29, 1.82) is 0 Å². The third-order valence-electron chi connectivity index (χ3n) is 7.04. The molecule has 0 saturated carbocycles. The number of rotatable bonds is 8. The fourth-order valence-corrected chi connectivity index (χ4v) is 7.52. The Bertz CT molecular complexity index is 876. The highest BCUT2D eigenvalue weighted by atomic mass is 32.2. The molecule has 174 valence electrons. The highest BCUT2D eigenvalue weighted by Crippen LogP contribution is 2.46. The summed E-state index contributed by atoms with van der Waals surface area (Å²) in [6.07, 6.45) is 4.42. The summed E-state index contributed by atoms with van der Waals surface area (Å²) < 4.78 is 39.7. The van der Waals surface area contributed by atoms with Gasteiger partial charge in [0.05, 0.1) is 19.0 Å². The van der Waals surface area contributed by atoms with Gasteiger partial charge in [-0.2, -0.15) is 4.31 Å². The number of hydrogen-bond donors (Lipinski definition) is 1. The number of piperidine rings is 2. The normalized spacial score (nSPS) is 26.6. The molecule has 0 aromatic heterocycles. The van der Waals surface area contributed by atoms with E-state index in [0.717, 1.165) is 50.3 Å².